The van der Waals surface area contributed by atoms with Gasteiger partial charge in [0, 0.05) is 0 Å². The standard InChI is InChI=1S/C3H4N4S/c4-2-1-5-7-3(8)6-2/h1H,(H3,4,6,7,8). The van der Waals surface area contributed by atoms with Crippen molar-refractivity contribution in [1.29, 1.82) is 0 Å². The second-order valence-corrected chi connectivity index (χ2v) is 1.60. The van der Waals surface area contributed by atoms with E-state index in [0.717, 1.165) is 0 Å². The Morgan fingerprint density at radius 2 is 2.50 bits per heavy atom. The first kappa shape index (κ1) is 5.17. The van der Waals surface area contributed by atoms with Crippen LogP contribution in [0.2, 0.25) is 0 Å². The maximum Gasteiger partial charge on any atom is 0.215 e. The van der Waals surface area contributed by atoms with Crippen LogP contribution in [-0.2, 0) is 0 Å². The quantitative estimate of drug-likeness (QED) is 0.487. The number of anilines is 1. The van der Waals surface area contributed by atoms with E-state index in [1.807, 2.05) is 0 Å². The summed E-state index contributed by atoms with van der Waals surface area (Å²) in [6.45, 7) is 0. The van der Waals surface area contributed by atoms with Crippen LogP contribution in [0.1, 0.15) is 0 Å². The summed E-state index contributed by atoms with van der Waals surface area (Å²) in [6, 6.07) is 0. The number of aromatic nitrogens is 3. The molecule has 0 saturated carbocycles. The molecule has 1 heterocycles. The van der Waals surface area contributed by atoms with E-state index in [9.17, 15) is 0 Å². The van der Waals surface area contributed by atoms with Crippen molar-refractivity contribution in [3.05, 3.63) is 11.0 Å². The van der Waals surface area contributed by atoms with Gasteiger partial charge in [-0.1, -0.05) is 0 Å². The Hall–Kier alpha value is -0.970. The molecular weight excluding hydrogens is 124 g/mol. The third-order valence-corrected chi connectivity index (χ3v) is 0.770. The van der Waals surface area contributed by atoms with Gasteiger partial charge >= 0.3 is 0 Å². The highest BCUT2D eigenvalue weighted by molar-refractivity contribution is 7.71. The maximum absolute atomic E-state index is 5.20. The third kappa shape index (κ3) is 1.00. The zero-order valence-electron chi connectivity index (χ0n) is 3.96. The molecule has 0 saturated heterocycles. The zero-order valence-corrected chi connectivity index (χ0v) is 4.77. The highest BCUT2D eigenvalue weighted by atomic mass is 32.1. The fourth-order valence-corrected chi connectivity index (χ4v) is 0.483. The van der Waals surface area contributed by atoms with Crippen LogP contribution in [0, 0.1) is 4.77 Å². The first-order valence-corrected chi connectivity index (χ1v) is 2.37. The smallest absolute Gasteiger partial charge is 0.215 e. The van der Waals surface area contributed by atoms with Crippen LogP contribution in [0.3, 0.4) is 0 Å². The molecule has 0 amide bonds. The van der Waals surface area contributed by atoms with Crippen LogP contribution >= 0.6 is 12.2 Å². The van der Waals surface area contributed by atoms with E-state index in [2.05, 4.69) is 27.4 Å². The molecular formula is C3H4N4S. The summed E-state index contributed by atoms with van der Waals surface area (Å²) in [6.07, 6.45) is 1.40. The minimum atomic E-state index is 0.310. The van der Waals surface area contributed by atoms with Gasteiger partial charge in [-0.2, -0.15) is 5.10 Å². The number of nitrogen functional groups attached to an aromatic ring is 1. The van der Waals surface area contributed by atoms with Crippen LogP contribution in [-0.4, -0.2) is 15.2 Å². The monoisotopic (exact) mass is 128 g/mol. The molecule has 0 radical (unpaired) electrons. The molecule has 0 aliphatic heterocycles. The van der Waals surface area contributed by atoms with Crippen molar-refractivity contribution in [2.45, 2.75) is 0 Å². The van der Waals surface area contributed by atoms with Gasteiger partial charge in [-0.25, -0.2) is 4.98 Å². The highest BCUT2D eigenvalue weighted by Crippen LogP contribution is 1.85. The van der Waals surface area contributed by atoms with Crippen LogP contribution < -0.4 is 5.73 Å². The second-order valence-electron chi connectivity index (χ2n) is 1.21. The van der Waals surface area contributed by atoms with E-state index in [1.54, 1.807) is 0 Å². The Morgan fingerprint density at radius 3 is 2.88 bits per heavy atom. The van der Waals surface area contributed by atoms with Crippen molar-refractivity contribution in [2.24, 2.45) is 0 Å². The Bertz CT molecular complexity index is 229. The molecule has 3 N–H and O–H groups in total. The van der Waals surface area contributed by atoms with Gasteiger partial charge in [0.15, 0.2) is 0 Å². The predicted molar refractivity (Wildman–Crippen MR) is 31.6 cm³/mol. The van der Waals surface area contributed by atoms with Crippen LogP contribution in [0.4, 0.5) is 5.82 Å². The number of hydrogen-bond donors (Lipinski definition) is 2. The molecule has 4 nitrogen and oxygen atoms in total. The van der Waals surface area contributed by atoms with E-state index in [0.29, 0.717) is 10.6 Å². The highest BCUT2D eigenvalue weighted by Gasteiger charge is 1.80. The number of nitrogens with two attached hydrogens (primary N) is 1. The fourth-order valence-electron chi connectivity index (χ4n) is 0.325. The fraction of sp³-hybridized carbons (Fsp3) is 0. The summed E-state index contributed by atoms with van der Waals surface area (Å²) < 4.78 is 0.310. The number of H-pyrrole nitrogens is 1. The van der Waals surface area contributed by atoms with Crippen molar-refractivity contribution in [1.82, 2.24) is 15.2 Å². The van der Waals surface area contributed by atoms with Crippen molar-refractivity contribution in [3.8, 4) is 0 Å². The minimum Gasteiger partial charge on any atom is -0.382 e. The third-order valence-electron chi connectivity index (χ3n) is 0.588. The van der Waals surface area contributed by atoms with E-state index in [1.165, 1.54) is 6.20 Å². The summed E-state index contributed by atoms with van der Waals surface area (Å²) in [5.74, 6) is 0.341. The number of aromatic amines is 1. The lowest BCUT2D eigenvalue weighted by molar-refractivity contribution is 0.956. The molecule has 0 unspecified atom stereocenters. The van der Waals surface area contributed by atoms with Crippen LogP contribution in [0.25, 0.3) is 0 Å². The van der Waals surface area contributed by atoms with Crippen LogP contribution in [0.15, 0.2) is 6.20 Å². The van der Waals surface area contributed by atoms with E-state index >= 15 is 0 Å². The van der Waals surface area contributed by atoms with Crippen molar-refractivity contribution in [2.75, 3.05) is 5.73 Å². The molecule has 0 bridgehead atoms. The Kier molecular flexibility index (Phi) is 1.21. The SMILES string of the molecule is Nc1cn[nH]c(=S)n1. The van der Waals surface area contributed by atoms with Crippen molar-refractivity contribution < 1.29 is 0 Å². The Balaban J connectivity index is 3.28. The second kappa shape index (κ2) is 1.87. The summed E-state index contributed by atoms with van der Waals surface area (Å²) in [7, 11) is 0. The Morgan fingerprint density at radius 1 is 1.75 bits per heavy atom. The molecule has 1 rings (SSSR count). The zero-order chi connectivity index (χ0) is 5.98. The predicted octanol–water partition coefficient (Wildman–Crippen LogP) is 0.116. The molecule has 42 valence electrons. The Labute approximate surface area is 50.8 Å². The maximum atomic E-state index is 5.20. The number of nitrogens with zero attached hydrogens (tertiary/aromatic N) is 2. The summed E-state index contributed by atoms with van der Waals surface area (Å²) >= 11 is 4.59. The van der Waals surface area contributed by atoms with Gasteiger partial charge in [-0.15, -0.1) is 0 Å². The summed E-state index contributed by atoms with van der Waals surface area (Å²) in [5.41, 5.74) is 5.20. The lowest BCUT2D eigenvalue weighted by Gasteiger charge is -1.84. The molecule has 8 heavy (non-hydrogen) atoms. The van der Waals surface area contributed by atoms with Gasteiger partial charge in [0.05, 0.1) is 6.20 Å². The van der Waals surface area contributed by atoms with Crippen molar-refractivity contribution >= 4 is 18.0 Å². The first-order chi connectivity index (χ1) is 3.79. The summed E-state index contributed by atoms with van der Waals surface area (Å²) in [5, 5.41) is 6.01. The van der Waals surface area contributed by atoms with Gasteiger partial charge in [-0.05, 0) is 12.2 Å². The topological polar surface area (TPSA) is 67.6 Å². The summed E-state index contributed by atoms with van der Waals surface area (Å²) in [4.78, 5) is 3.65. The van der Waals surface area contributed by atoms with E-state index in [4.69, 9.17) is 5.73 Å². The lowest BCUT2D eigenvalue weighted by atomic mass is 10.8. The number of nitrogens with one attached hydrogen (secondary N) is 1. The molecule has 1 aromatic rings. The first-order valence-electron chi connectivity index (χ1n) is 1.96. The molecule has 0 aliphatic carbocycles. The van der Waals surface area contributed by atoms with Gasteiger partial charge < -0.3 is 5.73 Å². The molecule has 0 spiro atoms. The molecule has 0 fully saturated rings. The van der Waals surface area contributed by atoms with E-state index in [-0.39, 0.29) is 0 Å². The van der Waals surface area contributed by atoms with Crippen LogP contribution in [0.5, 0.6) is 0 Å². The molecule has 5 heteroatoms. The largest absolute Gasteiger partial charge is 0.382 e. The lowest BCUT2D eigenvalue weighted by Crippen LogP contribution is -1.92. The van der Waals surface area contributed by atoms with E-state index < -0.39 is 0 Å². The minimum absolute atomic E-state index is 0.310. The van der Waals surface area contributed by atoms with Gasteiger partial charge in [0.1, 0.15) is 5.82 Å². The van der Waals surface area contributed by atoms with Crippen molar-refractivity contribution in [3.63, 3.8) is 0 Å². The molecule has 1 aromatic heterocycles. The normalized spacial score (nSPS) is 9.00. The average Bonchev–Trinajstić information content (AvgIpc) is 1.64. The average molecular weight is 128 g/mol. The van der Waals surface area contributed by atoms with Gasteiger partial charge in [0.2, 0.25) is 4.77 Å². The number of rotatable bonds is 0. The van der Waals surface area contributed by atoms with Gasteiger partial charge in [0.25, 0.3) is 0 Å². The molecule has 0 aromatic carbocycles. The number of hydrogen-bond acceptors (Lipinski definition) is 4. The molecule has 0 aliphatic rings. The molecule has 0 atom stereocenters. The van der Waals surface area contributed by atoms with Gasteiger partial charge in [-0.3, -0.25) is 5.10 Å².